The van der Waals surface area contributed by atoms with Crippen molar-refractivity contribution in [3.8, 4) is 0 Å². The molecule has 0 radical (unpaired) electrons. The molecule has 0 aliphatic heterocycles. The number of amides is 1. The molecule has 0 spiro atoms. The molecule has 0 saturated carbocycles. The van der Waals surface area contributed by atoms with Crippen LogP contribution in [0.15, 0.2) is 36.4 Å². The van der Waals surface area contributed by atoms with Crippen molar-refractivity contribution in [3.63, 3.8) is 0 Å². The molecule has 0 atom stereocenters. The molecule has 0 aliphatic rings. The molecule has 23 heavy (non-hydrogen) atoms. The molecule has 0 saturated heterocycles. The van der Waals surface area contributed by atoms with Crippen LogP contribution in [0.25, 0.3) is 0 Å². The number of benzene rings is 2. The number of aryl methyl sites for hydroxylation is 1. The Morgan fingerprint density at radius 3 is 2.09 bits per heavy atom. The lowest BCUT2D eigenvalue weighted by Gasteiger charge is -2.20. The molecule has 0 heterocycles. The summed E-state index contributed by atoms with van der Waals surface area (Å²) in [6.07, 6.45) is 0. The molecule has 3 heteroatoms. The summed E-state index contributed by atoms with van der Waals surface area (Å²) < 4.78 is 0. The summed E-state index contributed by atoms with van der Waals surface area (Å²) in [5.41, 5.74) is 11.2. The standard InChI is InChI=1S/C20H26N2O/c1-12(2)16-7-6-8-17(13(3)4)19(16)22-20(23)18-11-15(21)10-9-14(18)5/h6-13H,21H2,1-5H3,(H,22,23). The lowest BCUT2D eigenvalue weighted by Crippen LogP contribution is -2.17. The summed E-state index contributed by atoms with van der Waals surface area (Å²) >= 11 is 0. The van der Waals surface area contributed by atoms with Crippen molar-refractivity contribution in [1.82, 2.24) is 0 Å². The van der Waals surface area contributed by atoms with Crippen LogP contribution in [0.4, 0.5) is 11.4 Å². The lowest BCUT2D eigenvalue weighted by molar-refractivity contribution is 0.102. The SMILES string of the molecule is Cc1ccc(N)cc1C(=O)Nc1c(C(C)C)cccc1C(C)C. The lowest BCUT2D eigenvalue weighted by atomic mass is 9.92. The zero-order chi connectivity index (χ0) is 17.1. The molecule has 0 aromatic heterocycles. The Morgan fingerprint density at radius 1 is 1.00 bits per heavy atom. The predicted molar refractivity (Wildman–Crippen MR) is 98.2 cm³/mol. The number of carbonyl (C=O) groups is 1. The van der Waals surface area contributed by atoms with E-state index < -0.39 is 0 Å². The number of para-hydroxylation sites is 1. The first kappa shape index (κ1) is 17.1. The van der Waals surface area contributed by atoms with Gasteiger partial charge in [0.15, 0.2) is 0 Å². The van der Waals surface area contributed by atoms with Gasteiger partial charge < -0.3 is 11.1 Å². The van der Waals surface area contributed by atoms with Gasteiger partial charge in [-0.25, -0.2) is 0 Å². The molecule has 2 aromatic carbocycles. The van der Waals surface area contributed by atoms with Crippen molar-refractivity contribution >= 4 is 17.3 Å². The molecule has 3 N–H and O–H groups in total. The van der Waals surface area contributed by atoms with E-state index in [1.807, 2.05) is 19.1 Å². The summed E-state index contributed by atoms with van der Waals surface area (Å²) in [4.78, 5) is 12.8. The fourth-order valence-corrected chi connectivity index (χ4v) is 2.76. The molecule has 1 amide bonds. The van der Waals surface area contributed by atoms with Crippen LogP contribution in [0.1, 0.15) is 66.6 Å². The third-order valence-electron chi connectivity index (χ3n) is 4.12. The van der Waals surface area contributed by atoms with Gasteiger partial charge in [-0.15, -0.1) is 0 Å². The van der Waals surface area contributed by atoms with Gasteiger partial charge in [0.05, 0.1) is 0 Å². The van der Waals surface area contributed by atoms with Crippen LogP contribution in [0.2, 0.25) is 0 Å². The Morgan fingerprint density at radius 2 is 1.57 bits per heavy atom. The maximum Gasteiger partial charge on any atom is 0.256 e. The number of hydrogen-bond donors (Lipinski definition) is 2. The Bertz CT molecular complexity index is 691. The second-order valence-corrected chi connectivity index (χ2v) is 6.65. The first-order valence-electron chi connectivity index (χ1n) is 8.11. The van der Waals surface area contributed by atoms with Crippen molar-refractivity contribution in [1.29, 1.82) is 0 Å². The van der Waals surface area contributed by atoms with E-state index in [1.165, 1.54) is 0 Å². The van der Waals surface area contributed by atoms with Gasteiger partial charge in [0, 0.05) is 16.9 Å². The average molecular weight is 310 g/mol. The summed E-state index contributed by atoms with van der Waals surface area (Å²) in [5.74, 6) is 0.571. The normalized spacial score (nSPS) is 11.1. The van der Waals surface area contributed by atoms with E-state index in [-0.39, 0.29) is 5.91 Å². The topological polar surface area (TPSA) is 55.1 Å². The third-order valence-corrected chi connectivity index (χ3v) is 4.12. The summed E-state index contributed by atoms with van der Waals surface area (Å²) in [5, 5.41) is 3.13. The van der Waals surface area contributed by atoms with Crippen LogP contribution >= 0.6 is 0 Å². The monoisotopic (exact) mass is 310 g/mol. The highest BCUT2D eigenvalue weighted by molar-refractivity contribution is 6.06. The largest absolute Gasteiger partial charge is 0.399 e. The molecular formula is C20H26N2O. The predicted octanol–water partition coefficient (Wildman–Crippen LogP) is 5.08. The van der Waals surface area contributed by atoms with Crippen molar-refractivity contribution < 1.29 is 4.79 Å². The smallest absolute Gasteiger partial charge is 0.256 e. The highest BCUT2D eigenvalue weighted by atomic mass is 16.1. The van der Waals surface area contributed by atoms with Crippen LogP contribution in [0, 0.1) is 6.92 Å². The summed E-state index contributed by atoms with van der Waals surface area (Å²) in [6.45, 7) is 10.5. The number of nitrogens with one attached hydrogen (secondary N) is 1. The second kappa shape index (κ2) is 6.86. The van der Waals surface area contributed by atoms with Gasteiger partial charge in [0.2, 0.25) is 0 Å². The molecule has 0 unspecified atom stereocenters. The minimum absolute atomic E-state index is 0.107. The van der Waals surface area contributed by atoms with Crippen LogP contribution in [-0.2, 0) is 0 Å². The number of hydrogen-bond acceptors (Lipinski definition) is 2. The third kappa shape index (κ3) is 3.73. The fourth-order valence-electron chi connectivity index (χ4n) is 2.76. The molecule has 122 valence electrons. The first-order chi connectivity index (χ1) is 10.8. The number of carbonyl (C=O) groups excluding carboxylic acids is 1. The molecular weight excluding hydrogens is 284 g/mol. The first-order valence-corrected chi connectivity index (χ1v) is 8.11. The van der Waals surface area contributed by atoms with Crippen molar-refractivity contribution in [2.45, 2.75) is 46.5 Å². The van der Waals surface area contributed by atoms with Crippen LogP contribution in [0.5, 0.6) is 0 Å². The number of nitrogens with two attached hydrogens (primary N) is 1. The van der Waals surface area contributed by atoms with E-state index in [1.54, 1.807) is 6.07 Å². The van der Waals surface area contributed by atoms with Gasteiger partial charge in [-0.1, -0.05) is 52.0 Å². The van der Waals surface area contributed by atoms with Crippen LogP contribution < -0.4 is 11.1 Å². The molecule has 2 aromatic rings. The maximum atomic E-state index is 12.8. The quantitative estimate of drug-likeness (QED) is 0.774. The minimum atomic E-state index is -0.107. The zero-order valence-corrected chi connectivity index (χ0v) is 14.6. The zero-order valence-electron chi connectivity index (χ0n) is 14.6. The molecule has 2 rings (SSSR count). The van der Waals surface area contributed by atoms with Gasteiger partial charge in [-0.3, -0.25) is 4.79 Å². The number of anilines is 2. The highest BCUT2D eigenvalue weighted by Gasteiger charge is 2.17. The van der Waals surface area contributed by atoms with Crippen LogP contribution in [-0.4, -0.2) is 5.91 Å². The molecule has 0 bridgehead atoms. The van der Waals surface area contributed by atoms with Gasteiger partial charge in [0.25, 0.3) is 5.91 Å². The fraction of sp³-hybridized carbons (Fsp3) is 0.350. The van der Waals surface area contributed by atoms with Crippen molar-refractivity contribution in [2.75, 3.05) is 11.1 Å². The van der Waals surface area contributed by atoms with Gasteiger partial charge in [-0.05, 0) is 47.6 Å². The molecule has 0 fully saturated rings. The number of nitrogen functional groups attached to an aromatic ring is 1. The Kier molecular flexibility index (Phi) is 5.09. The van der Waals surface area contributed by atoms with E-state index in [9.17, 15) is 4.79 Å². The Labute approximate surface area is 138 Å². The van der Waals surface area contributed by atoms with Gasteiger partial charge in [-0.2, -0.15) is 0 Å². The molecule has 3 nitrogen and oxygen atoms in total. The van der Waals surface area contributed by atoms with E-state index >= 15 is 0 Å². The van der Waals surface area contributed by atoms with Crippen LogP contribution in [0.3, 0.4) is 0 Å². The minimum Gasteiger partial charge on any atom is -0.399 e. The van der Waals surface area contributed by atoms with E-state index in [0.717, 1.165) is 22.4 Å². The van der Waals surface area contributed by atoms with E-state index in [0.29, 0.717) is 23.1 Å². The Balaban J connectivity index is 2.46. The van der Waals surface area contributed by atoms with E-state index in [4.69, 9.17) is 5.73 Å². The maximum absolute atomic E-state index is 12.8. The van der Waals surface area contributed by atoms with Gasteiger partial charge >= 0.3 is 0 Å². The second-order valence-electron chi connectivity index (χ2n) is 6.65. The molecule has 0 aliphatic carbocycles. The van der Waals surface area contributed by atoms with Crippen molar-refractivity contribution in [3.05, 3.63) is 58.7 Å². The van der Waals surface area contributed by atoms with E-state index in [2.05, 4.69) is 51.2 Å². The number of rotatable bonds is 4. The van der Waals surface area contributed by atoms with Crippen molar-refractivity contribution in [2.24, 2.45) is 0 Å². The summed E-state index contributed by atoms with van der Waals surface area (Å²) in [6, 6.07) is 11.6. The van der Waals surface area contributed by atoms with Gasteiger partial charge in [0.1, 0.15) is 0 Å². The Hall–Kier alpha value is -2.29. The summed E-state index contributed by atoms with van der Waals surface area (Å²) in [7, 11) is 0. The highest BCUT2D eigenvalue weighted by Crippen LogP contribution is 2.32. The average Bonchev–Trinajstić information content (AvgIpc) is 2.49.